The third-order valence-electron chi connectivity index (χ3n) is 2.76. The SMILES string of the molecule is COC(=O)C1NCC(C)CC1(C)C. The second kappa shape index (κ2) is 3.66. The van der Waals surface area contributed by atoms with Gasteiger partial charge in [0.25, 0.3) is 0 Å². The average Bonchev–Trinajstić information content (AvgIpc) is 2.01. The predicted molar refractivity (Wildman–Crippen MR) is 51.4 cm³/mol. The van der Waals surface area contributed by atoms with Crippen LogP contribution >= 0.6 is 0 Å². The van der Waals surface area contributed by atoms with Crippen molar-refractivity contribution in [2.24, 2.45) is 11.3 Å². The first kappa shape index (κ1) is 10.5. The Morgan fingerprint density at radius 2 is 2.15 bits per heavy atom. The maximum Gasteiger partial charge on any atom is 0.323 e. The van der Waals surface area contributed by atoms with E-state index in [1.165, 1.54) is 7.11 Å². The van der Waals surface area contributed by atoms with Crippen molar-refractivity contribution in [2.45, 2.75) is 33.2 Å². The van der Waals surface area contributed by atoms with Crippen molar-refractivity contribution in [3.8, 4) is 0 Å². The molecule has 0 aromatic rings. The van der Waals surface area contributed by atoms with Crippen molar-refractivity contribution < 1.29 is 9.53 Å². The predicted octanol–water partition coefficient (Wildman–Crippen LogP) is 1.18. The fourth-order valence-corrected chi connectivity index (χ4v) is 2.20. The molecule has 2 atom stereocenters. The Hall–Kier alpha value is -0.570. The summed E-state index contributed by atoms with van der Waals surface area (Å²) in [5.41, 5.74) is 0.00472. The number of esters is 1. The monoisotopic (exact) mass is 185 g/mol. The van der Waals surface area contributed by atoms with Crippen molar-refractivity contribution in [1.29, 1.82) is 0 Å². The minimum Gasteiger partial charge on any atom is -0.468 e. The third kappa shape index (κ3) is 2.21. The largest absolute Gasteiger partial charge is 0.468 e. The van der Waals surface area contributed by atoms with Crippen molar-refractivity contribution >= 4 is 5.97 Å². The van der Waals surface area contributed by atoms with Gasteiger partial charge < -0.3 is 10.1 Å². The van der Waals surface area contributed by atoms with Crippen molar-refractivity contribution in [3.63, 3.8) is 0 Å². The molecule has 1 fully saturated rings. The highest BCUT2D eigenvalue weighted by molar-refractivity contribution is 5.76. The van der Waals surface area contributed by atoms with Crippen LogP contribution in [-0.4, -0.2) is 25.7 Å². The second-order valence-corrected chi connectivity index (χ2v) is 4.66. The maximum absolute atomic E-state index is 11.4. The number of hydrogen-bond donors (Lipinski definition) is 1. The Labute approximate surface area is 79.8 Å². The molecule has 1 aliphatic heterocycles. The molecular formula is C10H19NO2. The standard InChI is InChI=1S/C10H19NO2/c1-7-5-10(2,3)8(11-6-7)9(12)13-4/h7-8,11H,5-6H2,1-4H3. The van der Waals surface area contributed by atoms with Crippen molar-refractivity contribution in [1.82, 2.24) is 5.32 Å². The quantitative estimate of drug-likeness (QED) is 0.623. The van der Waals surface area contributed by atoms with Gasteiger partial charge in [0.05, 0.1) is 7.11 Å². The Balaban J connectivity index is 2.69. The van der Waals surface area contributed by atoms with Crippen LogP contribution in [0.2, 0.25) is 0 Å². The smallest absolute Gasteiger partial charge is 0.323 e. The number of hydrogen-bond acceptors (Lipinski definition) is 3. The van der Waals surface area contributed by atoms with Crippen LogP contribution in [0.4, 0.5) is 0 Å². The summed E-state index contributed by atoms with van der Waals surface area (Å²) in [6.45, 7) is 7.32. The highest BCUT2D eigenvalue weighted by Gasteiger charge is 2.40. The first-order valence-corrected chi connectivity index (χ1v) is 4.78. The summed E-state index contributed by atoms with van der Waals surface area (Å²) in [7, 11) is 1.44. The van der Waals surface area contributed by atoms with Crippen LogP contribution < -0.4 is 5.32 Å². The summed E-state index contributed by atoms with van der Waals surface area (Å²) in [5.74, 6) is 0.493. The van der Waals surface area contributed by atoms with E-state index in [2.05, 4.69) is 26.1 Å². The number of methoxy groups -OCH3 is 1. The van der Waals surface area contributed by atoms with E-state index in [4.69, 9.17) is 4.74 Å². The van der Waals surface area contributed by atoms with Gasteiger partial charge >= 0.3 is 5.97 Å². The van der Waals surface area contributed by atoms with Gasteiger partial charge in [0.1, 0.15) is 6.04 Å². The molecule has 76 valence electrons. The highest BCUT2D eigenvalue weighted by Crippen LogP contribution is 2.33. The van der Waals surface area contributed by atoms with E-state index >= 15 is 0 Å². The zero-order valence-corrected chi connectivity index (χ0v) is 8.89. The van der Waals surface area contributed by atoms with Gasteiger partial charge in [-0.1, -0.05) is 20.8 Å². The van der Waals surface area contributed by atoms with Crippen molar-refractivity contribution in [2.75, 3.05) is 13.7 Å². The molecule has 1 heterocycles. The zero-order valence-electron chi connectivity index (χ0n) is 8.89. The van der Waals surface area contributed by atoms with E-state index in [9.17, 15) is 4.79 Å². The highest BCUT2D eigenvalue weighted by atomic mass is 16.5. The number of rotatable bonds is 1. The van der Waals surface area contributed by atoms with E-state index in [1.54, 1.807) is 0 Å². The van der Waals surface area contributed by atoms with E-state index < -0.39 is 0 Å². The minimum atomic E-state index is -0.145. The van der Waals surface area contributed by atoms with Gasteiger partial charge in [0, 0.05) is 0 Å². The summed E-state index contributed by atoms with van der Waals surface area (Å²) in [4.78, 5) is 11.4. The first-order chi connectivity index (χ1) is 5.97. The lowest BCUT2D eigenvalue weighted by Crippen LogP contribution is -2.54. The summed E-state index contributed by atoms with van der Waals surface area (Å²) >= 11 is 0. The van der Waals surface area contributed by atoms with Gasteiger partial charge in [-0.2, -0.15) is 0 Å². The third-order valence-corrected chi connectivity index (χ3v) is 2.76. The Kier molecular flexibility index (Phi) is 2.96. The molecule has 1 aliphatic rings. The molecule has 0 aliphatic carbocycles. The van der Waals surface area contributed by atoms with Gasteiger partial charge in [0.2, 0.25) is 0 Å². The molecular weight excluding hydrogens is 166 g/mol. The molecule has 0 aromatic heterocycles. The summed E-state index contributed by atoms with van der Waals surface area (Å²) < 4.78 is 4.76. The number of carbonyl (C=O) groups excluding carboxylic acids is 1. The Morgan fingerprint density at radius 1 is 1.54 bits per heavy atom. The molecule has 0 bridgehead atoms. The van der Waals surface area contributed by atoms with E-state index in [0.717, 1.165) is 13.0 Å². The van der Waals surface area contributed by atoms with Gasteiger partial charge in [-0.15, -0.1) is 0 Å². The molecule has 0 saturated carbocycles. The molecule has 1 N–H and O–H groups in total. The van der Waals surface area contributed by atoms with Crippen LogP contribution in [0.1, 0.15) is 27.2 Å². The summed E-state index contributed by atoms with van der Waals surface area (Å²) in [5, 5.41) is 3.24. The van der Waals surface area contributed by atoms with Gasteiger partial charge in [-0.05, 0) is 24.3 Å². The van der Waals surface area contributed by atoms with Gasteiger partial charge in [0.15, 0.2) is 0 Å². The topological polar surface area (TPSA) is 38.3 Å². The zero-order chi connectivity index (χ0) is 10.1. The molecule has 1 saturated heterocycles. The van der Waals surface area contributed by atoms with Crippen LogP contribution in [0.15, 0.2) is 0 Å². The van der Waals surface area contributed by atoms with Gasteiger partial charge in [-0.25, -0.2) is 0 Å². The molecule has 0 radical (unpaired) electrons. The number of piperidine rings is 1. The van der Waals surface area contributed by atoms with Crippen molar-refractivity contribution in [3.05, 3.63) is 0 Å². The van der Waals surface area contributed by atoms with E-state index in [1.807, 2.05) is 0 Å². The fraction of sp³-hybridized carbons (Fsp3) is 0.900. The molecule has 2 unspecified atom stereocenters. The maximum atomic E-state index is 11.4. The number of ether oxygens (including phenoxy) is 1. The summed E-state index contributed by atoms with van der Waals surface area (Å²) in [6.07, 6.45) is 1.07. The average molecular weight is 185 g/mol. The van der Waals surface area contributed by atoms with E-state index in [-0.39, 0.29) is 17.4 Å². The van der Waals surface area contributed by atoms with Crippen LogP contribution in [0.5, 0.6) is 0 Å². The van der Waals surface area contributed by atoms with Crippen LogP contribution in [0.25, 0.3) is 0 Å². The number of carbonyl (C=O) groups is 1. The molecule has 3 heteroatoms. The van der Waals surface area contributed by atoms with E-state index in [0.29, 0.717) is 5.92 Å². The molecule has 3 nitrogen and oxygen atoms in total. The normalized spacial score (nSPS) is 32.6. The Bertz CT molecular complexity index is 201. The minimum absolute atomic E-state index is 0.00472. The second-order valence-electron chi connectivity index (χ2n) is 4.66. The van der Waals surface area contributed by atoms with Crippen LogP contribution in [0, 0.1) is 11.3 Å². The number of nitrogens with one attached hydrogen (secondary N) is 1. The molecule has 0 amide bonds. The Morgan fingerprint density at radius 3 is 2.62 bits per heavy atom. The lowest BCUT2D eigenvalue weighted by Gasteiger charge is -2.40. The molecule has 1 rings (SSSR count). The van der Waals surface area contributed by atoms with Crippen LogP contribution in [0.3, 0.4) is 0 Å². The summed E-state index contributed by atoms with van der Waals surface area (Å²) in [6, 6.07) is -0.145. The lowest BCUT2D eigenvalue weighted by atomic mass is 9.74. The fourth-order valence-electron chi connectivity index (χ4n) is 2.20. The molecule has 13 heavy (non-hydrogen) atoms. The lowest BCUT2D eigenvalue weighted by molar-refractivity contribution is -0.147. The first-order valence-electron chi connectivity index (χ1n) is 4.78. The molecule has 0 aromatic carbocycles. The van der Waals surface area contributed by atoms with Crippen LogP contribution in [-0.2, 0) is 9.53 Å². The van der Waals surface area contributed by atoms with Gasteiger partial charge in [-0.3, -0.25) is 4.79 Å². The molecule has 0 spiro atoms.